The van der Waals surface area contributed by atoms with E-state index < -0.39 is 0 Å². The van der Waals surface area contributed by atoms with Crippen LogP contribution in [0.3, 0.4) is 0 Å². The van der Waals surface area contributed by atoms with Crippen LogP contribution in [0.1, 0.15) is 11.3 Å². The van der Waals surface area contributed by atoms with Crippen molar-refractivity contribution in [1.29, 1.82) is 0 Å². The van der Waals surface area contributed by atoms with Crippen molar-refractivity contribution in [2.45, 2.75) is 6.61 Å². The van der Waals surface area contributed by atoms with Crippen LogP contribution in [0.25, 0.3) is 0 Å². The number of nitrogens with two attached hydrogens (primary N) is 1. The molecule has 0 atom stereocenters. The Balaban J connectivity index is 2.24. The van der Waals surface area contributed by atoms with Gasteiger partial charge in [0.25, 0.3) is 0 Å². The number of pyridine rings is 1. The van der Waals surface area contributed by atoms with Crippen molar-refractivity contribution in [3.8, 4) is 5.75 Å². The van der Waals surface area contributed by atoms with E-state index in [0.29, 0.717) is 26.5 Å². The Hall–Kier alpha value is -1.07. The molecule has 0 aliphatic carbocycles. The van der Waals surface area contributed by atoms with Crippen molar-refractivity contribution in [1.82, 2.24) is 4.98 Å². The van der Waals surface area contributed by atoms with Crippen LogP contribution in [0, 0.1) is 0 Å². The quantitative estimate of drug-likeness (QED) is 0.840. The zero-order valence-corrected chi connectivity index (χ0v) is 13.2. The maximum absolute atomic E-state index is 6.04. The van der Waals surface area contributed by atoms with E-state index >= 15 is 0 Å². The molecule has 7 heteroatoms. The SMILES string of the molecule is NC(=S)c1ncccc1COc1c(Cl)cc(Cl)cc1Cl. The lowest BCUT2D eigenvalue weighted by Gasteiger charge is -2.12. The summed E-state index contributed by atoms with van der Waals surface area (Å²) in [7, 11) is 0. The number of benzene rings is 1. The van der Waals surface area contributed by atoms with Gasteiger partial charge in [0.1, 0.15) is 17.3 Å². The normalized spacial score (nSPS) is 10.3. The van der Waals surface area contributed by atoms with Crippen molar-refractivity contribution in [3.63, 3.8) is 0 Å². The summed E-state index contributed by atoms with van der Waals surface area (Å²) in [4.78, 5) is 4.32. The minimum Gasteiger partial charge on any atom is -0.486 e. The molecule has 104 valence electrons. The van der Waals surface area contributed by atoms with Crippen LogP contribution in [0.4, 0.5) is 0 Å². The van der Waals surface area contributed by atoms with E-state index in [-0.39, 0.29) is 11.6 Å². The van der Waals surface area contributed by atoms with Crippen LogP contribution >= 0.6 is 47.0 Å². The van der Waals surface area contributed by atoms with E-state index in [4.69, 9.17) is 57.5 Å². The molecular weight excluding hydrogens is 339 g/mol. The van der Waals surface area contributed by atoms with Crippen LogP contribution < -0.4 is 10.5 Å². The Morgan fingerprint density at radius 3 is 2.50 bits per heavy atom. The van der Waals surface area contributed by atoms with Crippen LogP contribution in [0.2, 0.25) is 15.1 Å². The van der Waals surface area contributed by atoms with Crippen molar-refractivity contribution in [2.75, 3.05) is 0 Å². The van der Waals surface area contributed by atoms with Gasteiger partial charge < -0.3 is 10.5 Å². The van der Waals surface area contributed by atoms with Gasteiger partial charge in [0.15, 0.2) is 5.75 Å². The fraction of sp³-hybridized carbons (Fsp3) is 0.0769. The Bertz CT molecular complexity index is 641. The highest BCUT2D eigenvalue weighted by Gasteiger charge is 2.12. The van der Waals surface area contributed by atoms with Crippen molar-refractivity contribution in [3.05, 3.63) is 56.8 Å². The molecule has 0 unspecified atom stereocenters. The molecule has 0 fully saturated rings. The molecule has 2 aromatic rings. The predicted octanol–water partition coefficient (Wildman–Crippen LogP) is 4.26. The van der Waals surface area contributed by atoms with Crippen LogP contribution in [-0.2, 0) is 6.61 Å². The summed E-state index contributed by atoms with van der Waals surface area (Å²) < 4.78 is 5.62. The fourth-order valence-corrected chi connectivity index (χ4v) is 2.70. The third kappa shape index (κ3) is 3.52. The van der Waals surface area contributed by atoms with E-state index in [9.17, 15) is 0 Å². The number of halogens is 3. The zero-order chi connectivity index (χ0) is 14.7. The minimum atomic E-state index is 0.196. The molecule has 3 nitrogen and oxygen atoms in total. The number of thiocarbonyl (C=S) groups is 1. The van der Waals surface area contributed by atoms with Gasteiger partial charge in [-0.1, -0.05) is 53.1 Å². The topological polar surface area (TPSA) is 48.1 Å². The van der Waals surface area contributed by atoms with Gasteiger partial charge in [-0.3, -0.25) is 4.98 Å². The number of hydrogen-bond donors (Lipinski definition) is 1. The zero-order valence-electron chi connectivity index (χ0n) is 10.1. The number of nitrogens with zero attached hydrogens (tertiary/aromatic N) is 1. The van der Waals surface area contributed by atoms with Crippen molar-refractivity contribution >= 4 is 52.0 Å². The summed E-state index contributed by atoms with van der Waals surface area (Å²) in [6.07, 6.45) is 1.61. The van der Waals surface area contributed by atoms with Gasteiger partial charge in [-0.05, 0) is 18.2 Å². The molecule has 1 aromatic carbocycles. The van der Waals surface area contributed by atoms with Crippen LogP contribution in [0.5, 0.6) is 5.75 Å². The highest BCUT2D eigenvalue weighted by molar-refractivity contribution is 7.80. The van der Waals surface area contributed by atoms with E-state index in [1.807, 2.05) is 6.07 Å². The van der Waals surface area contributed by atoms with E-state index in [1.165, 1.54) is 0 Å². The second-order valence-corrected chi connectivity index (χ2v) is 5.55. The summed E-state index contributed by atoms with van der Waals surface area (Å²) >= 11 is 22.9. The molecule has 0 amide bonds. The van der Waals surface area contributed by atoms with Gasteiger partial charge in [-0.15, -0.1) is 0 Å². The minimum absolute atomic E-state index is 0.196. The first kappa shape index (κ1) is 15.3. The first-order chi connectivity index (χ1) is 9.49. The lowest BCUT2D eigenvalue weighted by Crippen LogP contribution is -2.15. The predicted molar refractivity (Wildman–Crippen MR) is 85.9 cm³/mol. The lowest BCUT2D eigenvalue weighted by molar-refractivity contribution is 0.306. The maximum atomic E-state index is 6.04. The molecule has 0 aliphatic heterocycles. The summed E-state index contributed by atoms with van der Waals surface area (Å²) in [6.45, 7) is 0.196. The summed E-state index contributed by atoms with van der Waals surface area (Å²) in [5.74, 6) is 0.357. The van der Waals surface area contributed by atoms with Crippen molar-refractivity contribution in [2.24, 2.45) is 5.73 Å². The molecule has 0 aliphatic rings. The Labute approximate surface area is 136 Å². The molecule has 0 saturated carbocycles. The molecule has 0 spiro atoms. The molecule has 20 heavy (non-hydrogen) atoms. The molecule has 0 bridgehead atoms. The standard InChI is InChI=1S/C13H9Cl3N2OS/c14-8-4-9(15)12(10(16)5-8)19-6-7-2-1-3-18-11(7)13(17)20/h1-5H,6H2,(H2,17,20). The van der Waals surface area contributed by atoms with Crippen LogP contribution in [0.15, 0.2) is 30.5 Å². The number of aromatic nitrogens is 1. The Kier molecular flexibility index (Phi) is 5.05. The van der Waals surface area contributed by atoms with Gasteiger partial charge >= 0.3 is 0 Å². The second kappa shape index (κ2) is 6.59. The molecule has 0 saturated heterocycles. The fourth-order valence-electron chi connectivity index (χ4n) is 1.59. The number of hydrogen-bond acceptors (Lipinski definition) is 3. The highest BCUT2D eigenvalue weighted by Crippen LogP contribution is 2.36. The molecule has 0 radical (unpaired) electrons. The monoisotopic (exact) mass is 346 g/mol. The number of rotatable bonds is 4. The van der Waals surface area contributed by atoms with Gasteiger partial charge in [-0.25, -0.2) is 0 Å². The largest absolute Gasteiger partial charge is 0.486 e. The van der Waals surface area contributed by atoms with Gasteiger partial charge in [-0.2, -0.15) is 0 Å². The average Bonchev–Trinajstić information content (AvgIpc) is 2.37. The van der Waals surface area contributed by atoms with Crippen molar-refractivity contribution < 1.29 is 4.74 Å². The summed E-state index contributed by atoms with van der Waals surface area (Å²) in [6, 6.07) is 6.70. The average molecular weight is 348 g/mol. The smallest absolute Gasteiger partial charge is 0.157 e. The third-order valence-corrected chi connectivity index (χ3v) is 3.43. The Morgan fingerprint density at radius 2 is 1.90 bits per heavy atom. The summed E-state index contributed by atoms with van der Waals surface area (Å²) in [5, 5.41) is 1.11. The molecule has 1 aromatic heterocycles. The highest BCUT2D eigenvalue weighted by atomic mass is 35.5. The Morgan fingerprint density at radius 1 is 1.25 bits per heavy atom. The summed E-state index contributed by atoms with van der Waals surface area (Å²) in [5.41, 5.74) is 6.88. The van der Waals surface area contributed by atoms with Gasteiger partial charge in [0.2, 0.25) is 0 Å². The van der Waals surface area contributed by atoms with Gasteiger partial charge in [0.05, 0.1) is 10.0 Å². The maximum Gasteiger partial charge on any atom is 0.157 e. The number of ether oxygens (including phenoxy) is 1. The second-order valence-electron chi connectivity index (χ2n) is 3.86. The molecule has 2 N–H and O–H groups in total. The van der Waals surface area contributed by atoms with E-state index in [0.717, 1.165) is 5.56 Å². The molecular formula is C13H9Cl3N2OS. The third-order valence-electron chi connectivity index (χ3n) is 2.46. The van der Waals surface area contributed by atoms with Gasteiger partial charge in [0, 0.05) is 16.8 Å². The van der Waals surface area contributed by atoms with E-state index in [1.54, 1.807) is 24.4 Å². The molecule has 1 heterocycles. The van der Waals surface area contributed by atoms with Crippen LogP contribution in [-0.4, -0.2) is 9.97 Å². The first-order valence-electron chi connectivity index (χ1n) is 5.50. The lowest BCUT2D eigenvalue weighted by atomic mass is 10.2. The first-order valence-corrected chi connectivity index (χ1v) is 7.04. The molecule has 2 rings (SSSR count). The van der Waals surface area contributed by atoms with E-state index in [2.05, 4.69) is 4.98 Å².